The predicted octanol–water partition coefficient (Wildman–Crippen LogP) is 0.736. The Hall–Kier alpha value is -1.69. The Balaban J connectivity index is 1.95. The van der Waals surface area contributed by atoms with Gasteiger partial charge in [-0.25, -0.2) is 9.97 Å². The average molecular weight is 251 g/mol. The summed E-state index contributed by atoms with van der Waals surface area (Å²) in [6, 6.07) is 0.258. The van der Waals surface area contributed by atoms with Crippen LogP contribution in [0.1, 0.15) is 23.2 Å². The Kier molecular flexibility index (Phi) is 4.09. The number of methoxy groups -OCH3 is 1. The Bertz CT molecular complexity index is 402. The molecule has 1 atom stereocenters. The highest BCUT2D eigenvalue weighted by Crippen LogP contribution is 2.14. The minimum Gasteiger partial charge on any atom is -0.467 e. The molecule has 0 radical (unpaired) electrons. The van der Waals surface area contributed by atoms with Gasteiger partial charge in [0, 0.05) is 32.6 Å². The summed E-state index contributed by atoms with van der Waals surface area (Å²) in [6.07, 6.45) is 5.17. The molecule has 2 rings (SSSR count). The van der Waals surface area contributed by atoms with Gasteiger partial charge in [-0.1, -0.05) is 0 Å². The SMILES string of the molecule is COc1ncc(C(=O)N(C)C[C@H]2CCCO2)cn1. The standard InChI is InChI=1S/C12H17N3O3/c1-15(8-10-4-3-5-18-10)11(16)9-6-13-12(17-2)14-7-9/h6-7,10H,3-5,8H2,1-2H3/t10-/m1/s1. The number of hydrogen-bond acceptors (Lipinski definition) is 5. The van der Waals surface area contributed by atoms with Crippen LogP contribution >= 0.6 is 0 Å². The molecule has 0 aromatic carbocycles. The van der Waals surface area contributed by atoms with Crippen LogP contribution in [0.25, 0.3) is 0 Å². The van der Waals surface area contributed by atoms with Crippen LogP contribution in [-0.2, 0) is 4.74 Å². The number of ether oxygens (including phenoxy) is 2. The monoisotopic (exact) mass is 251 g/mol. The highest BCUT2D eigenvalue weighted by molar-refractivity contribution is 5.93. The van der Waals surface area contributed by atoms with Gasteiger partial charge in [0.05, 0.1) is 18.8 Å². The Morgan fingerprint density at radius 2 is 2.28 bits per heavy atom. The first kappa shape index (κ1) is 12.8. The van der Waals surface area contributed by atoms with Gasteiger partial charge in [-0.3, -0.25) is 4.79 Å². The number of nitrogens with zero attached hydrogens (tertiary/aromatic N) is 3. The van der Waals surface area contributed by atoms with E-state index in [1.165, 1.54) is 19.5 Å². The van der Waals surface area contributed by atoms with E-state index in [0.717, 1.165) is 19.4 Å². The zero-order valence-electron chi connectivity index (χ0n) is 10.6. The van der Waals surface area contributed by atoms with E-state index in [-0.39, 0.29) is 18.0 Å². The van der Waals surface area contributed by atoms with Crippen molar-refractivity contribution in [2.45, 2.75) is 18.9 Å². The molecule has 1 aromatic heterocycles. The minimum atomic E-state index is -0.104. The zero-order valence-corrected chi connectivity index (χ0v) is 10.6. The molecule has 0 bridgehead atoms. The fraction of sp³-hybridized carbons (Fsp3) is 0.583. The molecule has 18 heavy (non-hydrogen) atoms. The number of aromatic nitrogens is 2. The van der Waals surface area contributed by atoms with E-state index in [9.17, 15) is 4.79 Å². The Morgan fingerprint density at radius 1 is 1.56 bits per heavy atom. The third-order valence-corrected chi connectivity index (χ3v) is 2.91. The lowest BCUT2D eigenvalue weighted by Crippen LogP contribution is -2.34. The summed E-state index contributed by atoms with van der Waals surface area (Å²) in [5, 5.41) is 0. The number of rotatable bonds is 4. The van der Waals surface area contributed by atoms with Crippen molar-refractivity contribution in [1.82, 2.24) is 14.9 Å². The molecule has 1 aliphatic heterocycles. The van der Waals surface area contributed by atoms with E-state index in [2.05, 4.69) is 9.97 Å². The molecule has 0 N–H and O–H groups in total. The van der Waals surface area contributed by atoms with Crippen LogP contribution in [0.3, 0.4) is 0 Å². The first-order valence-electron chi connectivity index (χ1n) is 5.94. The largest absolute Gasteiger partial charge is 0.467 e. The molecule has 0 spiro atoms. The third kappa shape index (κ3) is 2.95. The van der Waals surface area contributed by atoms with Crippen LogP contribution in [-0.4, -0.2) is 54.2 Å². The van der Waals surface area contributed by atoms with Crippen molar-refractivity contribution in [3.63, 3.8) is 0 Å². The molecule has 1 saturated heterocycles. The Morgan fingerprint density at radius 3 is 2.83 bits per heavy atom. The summed E-state index contributed by atoms with van der Waals surface area (Å²) in [7, 11) is 3.24. The van der Waals surface area contributed by atoms with Crippen molar-refractivity contribution in [2.24, 2.45) is 0 Å². The number of hydrogen-bond donors (Lipinski definition) is 0. The molecule has 98 valence electrons. The molecule has 1 fully saturated rings. The summed E-state index contributed by atoms with van der Waals surface area (Å²) < 4.78 is 10.4. The van der Waals surface area contributed by atoms with E-state index in [1.807, 2.05) is 0 Å². The predicted molar refractivity (Wildman–Crippen MR) is 64.5 cm³/mol. The molecule has 0 unspecified atom stereocenters. The van der Waals surface area contributed by atoms with Gasteiger partial charge >= 0.3 is 6.01 Å². The van der Waals surface area contributed by atoms with E-state index in [1.54, 1.807) is 11.9 Å². The quantitative estimate of drug-likeness (QED) is 0.789. The highest BCUT2D eigenvalue weighted by Gasteiger charge is 2.21. The maximum Gasteiger partial charge on any atom is 0.316 e. The second-order valence-corrected chi connectivity index (χ2v) is 4.28. The molecular formula is C12H17N3O3. The maximum atomic E-state index is 12.1. The molecule has 1 amide bonds. The summed E-state index contributed by atoms with van der Waals surface area (Å²) in [5.74, 6) is -0.104. The van der Waals surface area contributed by atoms with Crippen LogP contribution in [0.2, 0.25) is 0 Å². The van der Waals surface area contributed by atoms with Gasteiger partial charge in [-0.05, 0) is 12.8 Å². The first-order valence-corrected chi connectivity index (χ1v) is 5.94. The van der Waals surface area contributed by atoms with Gasteiger partial charge in [0.15, 0.2) is 0 Å². The smallest absolute Gasteiger partial charge is 0.316 e. The van der Waals surface area contributed by atoms with Gasteiger partial charge in [-0.15, -0.1) is 0 Å². The van der Waals surface area contributed by atoms with Crippen molar-refractivity contribution in [3.8, 4) is 6.01 Å². The average Bonchev–Trinajstić information content (AvgIpc) is 2.91. The molecule has 1 aromatic rings. The lowest BCUT2D eigenvalue weighted by Gasteiger charge is -2.20. The van der Waals surface area contributed by atoms with Crippen LogP contribution in [0.15, 0.2) is 12.4 Å². The van der Waals surface area contributed by atoms with Gasteiger partial charge in [0.1, 0.15) is 0 Å². The van der Waals surface area contributed by atoms with Gasteiger partial charge in [-0.2, -0.15) is 0 Å². The van der Waals surface area contributed by atoms with E-state index in [0.29, 0.717) is 12.1 Å². The van der Waals surface area contributed by atoms with Crippen LogP contribution in [0, 0.1) is 0 Å². The lowest BCUT2D eigenvalue weighted by molar-refractivity contribution is 0.0586. The molecular weight excluding hydrogens is 234 g/mol. The van der Waals surface area contributed by atoms with Crippen molar-refractivity contribution in [2.75, 3.05) is 27.3 Å². The summed E-state index contributed by atoms with van der Waals surface area (Å²) >= 11 is 0. The van der Waals surface area contributed by atoms with Crippen molar-refractivity contribution in [1.29, 1.82) is 0 Å². The molecule has 0 saturated carbocycles. The number of amides is 1. The van der Waals surface area contributed by atoms with E-state index >= 15 is 0 Å². The normalized spacial score (nSPS) is 18.7. The van der Waals surface area contributed by atoms with Crippen LogP contribution < -0.4 is 4.74 Å². The fourth-order valence-corrected chi connectivity index (χ4v) is 1.93. The van der Waals surface area contributed by atoms with Crippen molar-refractivity contribution < 1.29 is 14.3 Å². The highest BCUT2D eigenvalue weighted by atomic mass is 16.5. The number of carbonyl (C=O) groups is 1. The fourth-order valence-electron chi connectivity index (χ4n) is 1.93. The molecule has 6 heteroatoms. The number of carbonyl (C=O) groups excluding carboxylic acids is 1. The van der Waals surface area contributed by atoms with Crippen LogP contribution in [0.5, 0.6) is 6.01 Å². The van der Waals surface area contributed by atoms with Gasteiger partial charge in [0.2, 0.25) is 0 Å². The summed E-state index contributed by atoms with van der Waals surface area (Å²) in [6.45, 7) is 1.39. The maximum absolute atomic E-state index is 12.1. The lowest BCUT2D eigenvalue weighted by atomic mass is 10.2. The molecule has 6 nitrogen and oxygen atoms in total. The topological polar surface area (TPSA) is 64.5 Å². The van der Waals surface area contributed by atoms with Gasteiger partial charge in [0.25, 0.3) is 5.91 Å². The summed E-state index contributed by atoms with van der Waals surface area (Å²) in [5.41, 5.74) is 0.455. The second kappa shape index (κ2) is 5.77. The second-order valence-electron chi connectivity index (χ2n) is 4.28. The van der Waals surface area contributed by atoms with Crippen molar-refractivity contribution >= 4 is 5.91 Å². The zero-order chi connectivity index (χ0) is 13.0. The van der Waals surface area contributed by atoms with Crippen molar-refractivity contribution in [3.05, 3.63) is 18.0 Å². The van der Waals surface area contributed by atoms with E-state index in [4.69, 9.17) is 9.47 Å². The van der Waals surface area contributed by atoms with E-state index < -0.39 is 0 Å². The summed E-state index contributed by atoms with van der Waals surface area (Å²) in [4.78, 5) is 21.6. The van der Waals surface area contributed by atoms with Crippen LogP contribution in [0.4, 0.5) is 0 Å². The Labute approximate surface area is 106 Å². The third-order valence-electron chi connectivity index (χ3n) is 2.91. The molecule has 0 aliphatic carbocycles. The van der Waals surface area contributed by atoms with Gasteiger partial charge < -0.3 is 14.4 Å². The first-order chi connectivity index (χ1) is 8.70. The number of likely N-dealkylation sites (N-methyl/N-ethyl adjacent to an activating group) is 1. The minimum absolute atomic E-state index is 0.104. The molecule has 1 aliphatic rings. The molecule has 2 heterocycles.